The summed E-state index contributed by atoms with van der Waals surface area (Å²) in [6.07, 6.45) is 4.09. The van der Waals surface area contributed by atoms with Crippen LogP contribution in [-0.2, 0) is 4.79 Å². The Labute approximate surface area is 71.5 Å². The van der Waals surface area contributed by atoms with Crippen LogP contribution in [0.15, 0.2) is 4.99 Å². The van der Waals surface area contributed by atoms with Crippen molar-refractivity contribution in [3.8, 4) is 0 Å². The van der Waals surface area contributed by atoms with Crippen LogP contribution >= 0.6 is 11.8 Å². The minimum Gasteiger partial charge on any atom is -0.211 e. The molecule has 0 aliphatic carbocycles. The van der Waals surface area contributed by atoms with Crippen LogP contribution in [-0.4, -0.2) is 22.6 Å². The Morgan fingerprint density at radius 2 is 2.36 bits per heavy atom. The van der Waals surface area contributed by atoms with E-state index in [-0.39, 0.29) is 5.54 Å². The third kappa shape index (κ3) is 2.08. The van der Waals surface area contributed by atoms with Gasteiger partial charge in [-0.3, -0.25) is 0 Å². The number of isocyanates is 1. The summed E-state index contributed by atoms with van der Waals surface area (Å²) in [6.45, 7) is 4.00. The molecule has 2 nitrogen and oxygen atoms in total. The molecule has 1 rings (SSSR count). The third-order valence-electron chi connectivity index (χ3n) is 2.05. The smallest absolute Gasteiger partial charge is 0.211 e. The first-order chi connectivity index (χ1) is 5.17. The lowest BCUT2D eigenvalue weighted by Crippen LogP contribution is -2.29. The van der Waals surface area contributed by atoms with Crippen molar-refractivity contribution in [3.63, 3.8) is 0 Å². The summed E-state index contributed by atoms with van der Waals surface area (Å²) in [4.78, 5) is 13.9. The number of hydrogen-bond acceptors (Lipinski definition) is 3. The predicted octanol–water partition coefficient (Wildman–Crippen LogP) is 2.00. The maximum absolute atomic E-state index is 10.1. The minimum atomic E-state index is -0.205. The van der Waals surface area contributed by atoms with Crippen molar-refractivity contribution in [1.29, 1.82) is 0 Å². The van der Waals surface area contributed by atoms with Crippen molar-refractivity contribution < 1.29 is 4.79 Å². The molecule has 0 amide bonds. The van der Waals surface area contributed by atoms with E-state index in [0.29, 0.717) is 5.25 Å². The third-order valence-corrected chi connectivity index (χ3v) is 3.79. The Hall–Kier alpha value is -0.270. The Kier molecular flexibility index (Phi) is 2.74. The zero-order valence-corrected chi connectivity index (χ0v) is 7.78. The molecule has 1 aliphatic rings. The summed E-state index contributed by atoms with van der Waals surface area (Å²) in [6, 6.07) is 0. The molecule has 11 heavy (non-hydrogen) atoms. The monoisotopic (exact) mass is 171 g/mol. The van der Waals surface area contributed by atoms with Crippen LogP contribution in [0.5, 0.6) is 0 Å². The topological polar surface area (TPSA) is 29.4 Å². The molecule has 3 heteroatoms. The standard InChI is InChI=1S/C8H13NOS/c1-8(2,9-6-10)7-4-3-5-11-7/h7H,3-5H2,1-2H3. The van der Waals surface area contributed by atoms with Gasteiger partial charge in [-0.2, -0.15) is 16.8 Å². The number of rotatable bonds is 2. The van der Waals surface area contributed by atoms with Gasteiger partial charge in [-0.15, -0.1) is 0 Å². The molecule has 0 saturated carbocycles. The Morgan fingerprint density at radius 1 is 1.64 bits per heavy atom. The van der Waals surface area contributed by atoms with Crippen molar-refractivity contribution in [2.75, 3.05) is 5.75 Å². The Morgan fingerprint density at radius 3 is 2.82 bits per heavy atom. The van der Waals surface area contributed by atoms with Gasteiger partial charge < -0.3 is 0 Å². The molecule has 0 aromatic rings. The van der Waals surface area contributed by atoms with Gasteiger partial charge in [-0.05, 0) is 32.4 Å². The van der Waals surface area contributed by atoms with Gasteiger partial charge in [0.2, 0.25) is 6.08 Å². The van der Waals surface area contributed by atoms with E-state index < -0.39 is 0 Å². The minimum absolute atomic E-state index is 0.205. The van der Waals surface area contributed by atoms with Crippen LogP contribution in [0, 0.1) is 0 Å². The highest BCUT2D eigenvalue weighted by molar-refractivity contribution is 8.00. The lowest BCUT2D eigenvalue weighted by Gasteiger charge is -2.23. The lowest BCUT2D eigenvalue weighted by atomic mass is 9.98. The molecule has 0 spiro atoms. The number of thioether (sulfide) groups is 1. The summed E-state index contributed by atoms with van der Waals surface area (Å²) in [5.74, 6) is 1.21. The van der Waals surface area contributed by atoms with E-state index in [9.17, 15) is 4.79 Å². The molecular weight excluding hydrogens is 158 g/mol. The van der Waals surface area contributed by atoms with Crippen LogP contribution < -0.4 is 0 Å². The van der Waals surface area contributed by atoms with Gasteiger partial charge in [0.25, 0.3) is 0 Å². The lowest BCUT2D eigenvalue weighted by molar-refractivity contribution is 0.475. The van der Waals surface area contributed by atoms with E-state index in [1.165, 1.54) is 18.6 Å². The molecular formula is C8H13NOS. The maximum Gasteiger partial charge on any atom is 0.235 e. The van der Waals surface area contributed by atoms with E-state index in [1.807, 2.05) is 25.6 Å². The molecule has 0 aromatic heterocycles. The van der Waals surface area contributed by atoms with Gasteiger partial charge in [-0.25, -0.2) is 4.79 Å². The quantitative estimate of drug-likeness (QED) is 0.470. The summed E-state index contributed by atoms with van der Waals surface area (Å²) in [5, 5.41) is 0.518. The summed E-state index contributed by atoms with van der Waals surface area (Å²) in [7, 11) is 0. The molecule has 1 unspecified atom stereocenters. The van der Waals surface area contributed by atoms with Crippen molar-refractivity contribution in [3.05, 3.63) is 0 Å². The highest BCUT2D eigenvalue weighted by Gasteiger charge is 2.32. The highest BCUT2D eigenvalue weighted by Crippen LogP contribution is 2.35. The van der Waals surface area contributed by atoms with Crippen LogP contribution in [0.3, 0.4) is 0 Å². The van der Waals surface area contributed by atoms with Gasteiger partial charge in [0.05, 0.1) is 5.54 Å². The van der Waals surface area contributed by atoms with E-state index in [2.05, 4.69) is 4.99 Å². The second-order valence-electron chi connectivity index (χ2n) is 3.36. The molecule has 0 radical (unpaired) electrons. The highest BCUT2D eigenvalue weighted by atomic mass is 32.2. The number of aliphatic imine (C=N–C) groups is 1. The van der Waals surface area contributed by atoms with Gasteiger partial charge in [-0.1, -0.05) is 0 Å². The molecule has 0 bridgehead atoms. The molecule has 1 fully saturated rings. The number of hydrogen-bond donors (Lipinski definition) is 0. The molecule has 1 atom stereocenters. The Bertz CT molecular complexity index is 179. The average Bonchev–Trinajstić information content (AvgIpc) is 2.37. The molecule has 62 valence electrons. The van der Waals surface area contributed by atoms with Crippen LogP contribution in [0.1, 0.15) is 26.7 Å². The van der Waals surface area contributed by atoms with Crippen molar-refractivity contribution >= 4 is 17.8 Å². The molecule has 1 saturated heterocycles. The van der Waals surface area contributed by atoms with Crippen LogP contribution in [0.2, 0.25) is 0 Å². The zero-order chi connectivity index (χ0) is 8.32. The maximum atomic E-state index is 10.1. The summed E-state index contributed by atoms with van der Waals surface area (Å²) in [5.41, 5.74) is -0.205. The fourth-order valence-electron chi connectivity index (χ4n) is 1.32. The second-order valence-corrected chi connectivity index (χ2v) is 4.67. The van der Waals surface area contributed by atoms with Crippen LogP contribution in [0.4, 0.5) is 0 Å². The average molecular weight is 171 g/mol. The fourth-order valence-corrected chi connectivity index (χ4v) is 2.74. The molecule has 0 N–H and O–H groups in total. The first-order valence-electron chi connectivity index (χ1n) is 3.87. The van der Waals surface area contributed by atoms with E-state index in [4.69, 9.17) is 0 Å². The molecule has 1 aliphatic heterocycles. The SMILES string of the molecule is CC(C)(N=C=O)C1CCCS1. The fraction of sp³-hybridized carbons (Fsp3) is 0.875. The molecule has 0 aromatic carbocycles. The van der Waals surface area contributed by atoms with Gasteiger partial charge in [0.15, 0.2) is 0 Å². The van der Waals surface area contributed by atoms with Crippen molar-refractivity contribution in [2.45, 2.75) is 37.5 Å². The van der Waals surface area contributed by atoms with Gasteiger partial charge in [0.1, 0.15) is 0 Å². The van der Waals surface area contributed by atoms with E-state index in [0.717, 1.165) is 0 Å². The van der Waals surface area contributed by atoms with E-state index >= 15 is 0 Å². The number of carbonyl (C=O) groups excluding carboxylic acids is 1. The molecule has 1 heterocycles. The second kappa shape index (κ2) is 3.42. The number of nitrogens with zero attached hydrogens (tertiary/aromatic N) is 1. The first kappa shape index (κ1) is 8.82. The predicted molar refractivity (Wildman–Crippen MR) is 47.7 cm³/mol. The first-order valence-corrected chi connectivity index (χ1v) is 4.92. The van der Waals surface area contributed by atoms with Gasteiger partial charge in [0, 0.05) is 5.25 Å². The largest absolute Gasteiger partial charge is 0.235 e. The van der Waals surface area contributed by atoms with Gasteiger partial charge >= 0.3 is 0 Å². The summed E-state index contributed by atoms with van der Waals surface area (Å²) >= 11 is 1.92. The normalized spacial score (nSPS) is 24.7. The van der Waals surface area contributed by atoms with E-state index in [1.54, 1.807) is 6.08 Å². The van der Waals surface area contributed by atoms with Crippen LogP contribution in [0.25, 0.3) is 0 Å². The Balaban J connectivity index is 2.62. The summed E-state index contributed by atoms with van der Waals surface area (Å²) < 4.78 is 0. The zero-order valence-electron chi connectivity index (χ0n) is 6.96. The van der Waals surface area contributed by atoms with Crippen molar-refractivity contribution in [2.24, 2.45) is 4.99 Å². The van der Waals surface area contributed by atoms with Crippen molar-refractivity contribution in [1.82, 2.24) is 0 Å².